The van der Waals surface area contributed by atoms with Crippen LogP contribution in [-0.2, 0) is 25.6 Å². The molecule has 1 rings (SSSR count). The van der Waals surface area contributed by atoms with Crippen molar-refractivity contribution in [1.29, 1.82) is 0 Å². The van der Waals surface area contributed by atoms with Gasteiger partial charge in [-0.15, -0.1) is 0 Å². The third kappa shape index (κ3) is 11.9. The first-order valence-electron chi connectivity index (χ1n) is 12.1. The molecule has 3 amide bonds. The van der Waals surface area contributed by atoms with Crippen molar-refractivity contribution in [3.8, 4) is 0 Å². The van der Waals surface area contributed by atoms with E-state index in [0.29, 0.717) is 30.8 Å². The van der Waals surface area contributed by atoms with Crippen LogP contribution in [0.5, 0.6) is 0 Å². The molecular weight excluding hydrogens is 486 g/mol. The second-order valence-electron chi connectivity index (χ2n) is 9.10. The second kappa shape index (κ2) is 16.9. The largest absolute Gasteiger partial charge is 0.480 e. The molecule has 0 aliphatic rings. The molecule has 0 saturated carbocycles. The van der Waals surface area contributed by atoms with Crippen molar-refractivity contribution < 1.29 is 24.3 Å². The Bertz CT molecular complexity index is 822. The van der Waals surface area contributed by atoms with E-state index in [4.69, 9.17) is 11.5 Å². The number of carbonyl (C=O) groups is 4. The lowest BCUT2D eigenvalue weighted by Crippen LogP contribution is -2.58. The minimum atomic E-state index is -1.14. The molecule has 204 valence electrons. The van der Waals surface area contributed by atoms with Crippen molar-refractivity contribution in [2.45, 2.75) is 76.5 Å². The van der Waals surface area contributed by atoms with Crippen molar-refractivity contribution >= 4 is 35.5 Å². The maximum Gasteiger partial charge on any atom is 0.326 e. The summed E-state index contributed by atoms with van der Waals surface area (Å²) in [5.74, 6) is -2.20. The highest BCUT2D eigenvalue weighted by molar-refractivity contribution is 7.98. The molecule has 36 heavy (non-hydrogen) atoms. The zero-order chi connectivity index (χ0) is 27.1. The lowest BCUT2D eigenvalue weighted by atomic mass is 10.0. The molecular formula is C23H41N7O5S. The van der Waals surface area contributed by atoms with E-state index in [1.165, 1.54) is 24.3 Å². The van der Waals surface area contributed by atoms with E-state index >= 15 is 0 Å². The number of aromatic amines is 1. The van der Waals surface area contributed by atoms with Crippen LogP contribution in [0, 0.1) is 5.92 Å². The maximum atomic E-state index is 13.3. The smallest absolute Gasteiger partial charge is 0.326 e. The topological polar surface area (TPSA) is 205 Å². The van der Waals surface area contributed by atoms with Crippen molar-refractivity contribution in [2.24, 2.45) is 17.4 Å². The first-order valence-corrected chi connectivity index (χ1v) is 13.5. The van der Waals surface area contributed by atoms with Gasteiger partial charge in [-0.1, -0.05) is 20.3 Å². The number of carboxylic acid groups (broad SMARTS) is 1. The van der Waals surface area contributed by atoms with Crippen LogP contribution in [0.2, 0.25) is 0 Å². The maximum absolute atomic E-state index is 13.3. The molecule has 13 heteroatoms. The highest BCUT2D eigenvalue weighted by Crippen LogP contribution is 2.09. The fourth-order valence-corrected chi connectivity index (χ4v) is 3.96. The van der Waals surface area contributed by atoms with Crippen molar-refractivity contribution in [2.75, 3.05) is 18.6 Å². The minimum absolute atomic E-state index is 0.0344. The fourth-order valence-electron chi connectivity index (χ4n) is 3.48. The predicted molar refractivity (Wildman–Crippen MR) is 139 cm³/mol. The lowest BCUT2D eigenvalue weighted by molar-refractivity contribution is -0.142. The third-order valence-corrected chi connectivity index (χ3v) is 6.13. The zero-order valence-electron chi connectivity index (χ0n) is 21.3. The Labute approximate surface area is 216 Å². The molecule has 4 unspecified atom stereocenters. The van der Waals surface area contributed by atoms with Gasteiger partial charge in [-0.3, -0.25) is 14.4 Å². The van der Waals surface area contributed by atoms with Gasteiger partial charge in [0.15, 0.2) is 0 Å². The normalized spacial score (nSPS) is 14.5. The molecule has 0 saturated heterocycles. The summed E-state index contributed by atoms with van der Waals surface area (Å²) in [7, 11) is 0. The van der Waals surface area contributed by atoms with Crippen LogP contribution in [0.3, 0.4) is 0 Å². The summed E-state index contributed by atoms with van der Waals surface area (Å²) in [4.78, 5) is 57.3. The number of aliphatic carboxylic acids is 1. The number of amides is 3. The number of hydrogen-bond donors (Lipinski definition) is 7. The summed E-state index contributed by atoms with van der Waals surface area (Å²) in [5, 5.41) is 17.4. The van der Waals surface area contributed by atoms with E-state index in [1.807, 2.05) is 20.1 Å². The number of carbonyl (C=O) groups excluding carboxylic acids is 3. The van der Waals surface area contributed by atoms with Crippen molar-refractivity contribution in [3.63, 3.8) is 0 Å². The Morgan fingerprint density at radius 2 is 1.67 bits per heavy atom. The number of unbranched alkanes of at least 4 members (excludes halogenated alkanes) is 1. The molecule has 1 aromatic heterocycles. The molecule has 1 heterocycles. The number of nitrogens with two attached hydrogens (primary N) is 2. The van der Waals surface area contributed by atoms with E-state index in [1.54, 1.807) is 0 Å². The average molecular weight is 528 g/mol. The molecule has 0 aliphatic carbocycles. The molecule has 0 spiro atoms. The molecule has 0 fully saturated rings. The van der Waals surface area contributed by atoms with Crippen LogP contribution in [-0.4, -0.2) is 81.5 Å². The number of nitrogens with zero attached hydrogens (tertiary/aromatic N) is 1. The van der Waals surface area contributed by atoms with Gasteiger partial charge in [-0.25, -0.2) is 9.78 Å². The van der Waals surface area contributed by atoms with E-state index in [0.717, 1.165) is 6.42 Å². The fraction of sp³-hybridized carbons (Fsp3) is 0.696. The molecule has 9 N–H and O–H groups in total. The summed E-state index contributed by atoms with van der Waals surface area (Å²) in [6, 6.07) is -3.87. The van der Waals surface area contributed by atoms with Crippen LogP contribution in [0.15, 0.2) is 12.5 Å². The number of carboxylic acids is 1. The first-order chi connectivity index (χ1) is 17.1. The van der Waals surface area contributed by atoms with Crippen LogP contribution >= 0.6 is 11.8 Å². The molecule has 1 aromatic rings. The number of aromatic nitrogens is 2. The Balaban J connectivity index is 2.99. The number of thioether (sulfide) groups is 1. The molecule has 0 aliphatic heterocycles. The molecule has 0 aromatic carbocycles. The third-order valence-electron chi connectivity index (χ3n) is 5.48. The zero-order valence-corrected chi connectivity index (χ0v) is 22.1. The van der Waals surface area contributed by atoms with Gasteiger partial charge in [-0.05, 0) is 50.2 Å². The summed E-state index contributed by atoms with van der Waals surface area (Å²) >= 11 is 1.47. The van der Waals surface area contributed by atoms with Gasteiger partial charge in [0.05, 0.1) is 12.4 Å². The molecule has 0 radical (unpaired) electrons. The SMILES string of the molecule is CSCCC(NC(=O)C(CC(C)C)NC(=O)C(Cc1cnc[nH]1)NC(=O)C(N)CCCCN)C(=O)O. The monoisotopic (exact) mass is 527 g/mol. The predicted octanol–water partition coefficient (Wildman–Crippen LogP) is -0.253. The van der Waals surface area contributed by atoms with Crippen molar-refractivity contribution in [1.82, 2.24) is 25.9 Å². The van der Waals surface area contributed by atoms with E-state index in [9.17, 15) is 24.3 Å². The van der Waals surface area contributed by atoms with E-state index < -0.39 is 47.9 Å². The first kappa shape index (κ1) is 31.4. The Hall–Kier alpha value is -2.64. The average Bonchev–Trinajstić information content (AvgIpc) is 3.33. The summed E-state index contributed by atoms with van der Waals surface area (Å²) in [5.41, 5.74) is 12.1. The molecule has 4 atom stereocenters. The molecule has 12 nitrogen and oxygen atoms in total. The van der Waals surface area contributed by atoms with Gasteiger partial charge >= 0.3 is 5.97 Å². The van der Waals surface area contributed by atoms with Gasteiger partial charge < -0.3 is 37.5 Å². The van der Waals surface area contributed by atoms with Gasteiger partial charge in [0.25, 0.3) is 0 Å². The van der Waals surface area contributed by atoms with Crippen molar-refractivity contribution in [3.05, 3.63) is 18.2 Å². The summed E-state index contributed by atoms with van der Waals surface area (Å²) < 4.78 is 0. The van der Waals surface area contributed by atoms with Crippen LogP contribution in [0.25, 0.3) is 0 Å². The summed E-state index contributed by atoms with van der Waals surface area (Å²) in [6.07, 6.45) is 7.33. The number of nitrogens with one attached hydrogen (secondary N) is 4. The Morgan fingerprint density at radius 1 is 1.03 bits per heavy atom. The van der Waals surface area contributed by atoms with Gasteiger partial charge in [0, 0.05) is 18.3 Å². The van der Waals surface area contributed by atoms with Gasteiger partial charge in [0.1, 0.15) is 18.1 Å². The number of imidazole rings is 1. The van der Waals surface area contributed by atoms with Crippen LogP contribution < -0.4 is 27.4 Å². The Morgan fingerprint density at radius 3 is 2.22 bits per heavy atom. The van der Waals surface area contributed by atoms with E-state index in [-0.39, 0.29) is 25.2 Å². The quantitative estimate of drug-likeness (QED) is 0.125. The van der Waals surface area contributed by atoms with Crippen LogP contribution in [0.4, 0.5) is 0 Å². The standard InChI is InChI=1S/C23H41N7O5S/c1-14(2)10-18(21(32)28-17(23(34)35)7-9-36-3)30-22(33)19(11-15-12-26-13-27-15)29-20(31)16(25)6-4-5-8-24/h12-14,16-19H,4-11,24-25H2,1-3H3,(H,26,27)(H,28,32)(H,29,31)(H,30,33)(H,34,35). The van der Waals surface area contributed by atoms with E-state index in [2.05, 4.69) is 25.9 Å². The van der Waals surface area contributed by atoms with Gasteiger partial charge in [-0.2, -0.15) is 11.8 Å². The number of rotatable bonds is 18. The Kier molecular flexibility index (Phi) is 14.8. The van der Waals surface area contributed by atoms with Crippen LogP contribution in [0.1, 0.15) is 51.6 Å². The number of hydrogen-bond acceptors (Lipinski definition) is 8. The highest BCUT2D eigenvalue weighted by Gasteiger charge is 2.31. The summed E-state index contributed by atoms with van der Waals surface area (Å²) in [6.45, 7) is 4.27. The lowest BCUT2D eigenvalue weighted by Gasteiger charge is -2.26. The second-order valence-corrected chi connectivity index (χ2v) is 10.1. The van der Waals surface area contributed by atoms with Gasteiger partial charge in [0.2, 0.25) is 17.7 Å². The molecule has 0 bridgehead atoms. The highest BCUT2D eigenvalue weighted by atomic mass is 32.2. The minimum Gasteiger partial charge on any atom is -0.480 e. The number of H-pyrrole nitrogens is 1.